The Hall–Kier alpha value is -0.890. The van der Waals surface area contributed by atoms with Gasteiger partial charge in [-0.25, -0.2) is 0 Å². The quantitative estimate of drug-likeness (QED) is 0.654. The number of hydrogen-bond acceptors (Lipinski definition) is 2. The van der Waals surface area contributed by atoms with Gasteiger partial charge in [-0.2, -0.15) is 0 Å². The maximum absolute atomic E-state index is 8.09. The summed E-state index contributed by atoms with van der Waals surface area (Å²) in [5, 5.41) is 8.09. The zero-order valence-corrected chi connectivity index (χ0v) is 15.8. The largest absolute Gasteiger partial charge is 0.374 e. The number of hydrogen-bond donors (Lipinski definition) is 1. The van der Waals surface area contributed by atoms with Crippen molar-refractivity contribution in [3.63, 3.8) is 0 Å². The van der Waals surface area contributed by atoms with Gasteiger partial charge in [0.05, 0.1) is 5.60 Å². The second kappa shape index (κ2) is 5.55. The lowest BCUT2D eigenvalue weighted by atomic mass is 9.48. The van der Waals surface area contributed by atoms with Gasteiger partial charge in [0.25, 0.3) is 0 Å². The van der Waals surface area contributed by atoms with Gasteiger partial charge in [-0.1, -0.05) is 19.1 Å². The molecule has 0 amide bonds. The Bertz CT molecular complexity index is 640. The van der Waals surface area contributed by atoms with Crippen LogP contribution in [0, 0.1) is 34.5 Å². The van der Waals surface area contributed by atoms with Crippen LogP contribution < -0.4 is 0 Å². The van der Waals surface area contributed by atoms with Crippen LogP contribution in [-0.2, 0) is 4.74 Å². The first kappa shape index (κ1) is 16.3. The monoisotopic (exact) mass is 339 g/mol. The molecule has 5 rings (SSSR count). The second-order valence-electron chi connectivity index (χ2n) is 9.55. The summed E-state index contributed by atoms with van der Waals surface area (Å²) in [7, 11) is 0. The van der Waals surface area contributed by atoms with Gasteiger partial charge in [0, 0.05) is 17.7 Å². The molecule has 0 aromatic heterocycles. The first-order valence-corrected chi connectivity index (χ1v) is 10.7. The minimum absolute atomic E-state index is 0.212. The van der Waals surface area contributed by atoms with Crippen molar-refractivity contribution in [1.29, 1.82) is 5.41 Å². The number of rotatable bonds is 1. The fraction of sp³-hybridized carbons (Fsp3) is 0.783. The molecule has 0 aromatic carbocycles. The summed E-state index contributed by atoms with van der Waals surface area (Å²) < 4.78 is 6.53. The lowest BCUT2D eigenvalue weighted by Gasteiger charge is -2.57. The molecule has 4 aliphatic carbocycles. The molecule has 6 atom stereocenters. The van der Waals surface area contributed by atoms with Crippen LogP contribution in [-0.4, -0.2) is 17.9 Å². The Labute approximate surface area is 152 Å². The van der Waals surface area contributed by atoms with Gasteiger partial charge in [0.2, 0.25) is 0 Å². The number of nitrogens with one attached hydrogen (secondary N) is 1. The number of ether oxygens (including phenoxy) is 1. The van der Waals surface area contributed by atoms with E-state index in [-0.39, 0.29) is 5.60 Å². The number of fused-ring (bicyclic) bond motifs is 6. The van der Waals surface area contributed by atoms with Crippen molar-refractivity contribution >= 4 is 5.71 Å². The lowest BCUT2D eigenvalue weighted by Crippen LogP contribution is -2.54. The Morgan fingerprint density at radius 2 is 2.08 bits per heavy atom. The Balaban J connectivity index is 1.51. The molecule has 3 saturated carbocycles. The van der Waals surface area contributed by atoms with E-state index in [9.17, 15) is 0 Å². The third-order valence-electron chi connectivity index (χ3n) is 9.06. The fourth-order valence-electron chi connectivity index (χ4n) is 8.11. The van der Waals surface area contributed by atoms with Crippen LogP contribution in [0.25, 0.3) is 0 Å². The van der Waals surface area contributed by atoms with Crippen molar-refractivity contribution in [2.45, 2.75) is 76.7 Å². The number of allylic oxidation sites excluding steroid dienone is 3. The summed E-state index contributed by atoms with van der Waals surface area (Å²) in [4.78, 5) is 0. The molecule has 25 heavy (non-hydrogen) atoms. The average molecular weight is 340 g/mol. The molecular formula is C23H33NO. The first-order valence-electron chi connectivity index (χ1n) is 10.7. The molecule has 0 aromatic rings. The van der Waals surface area contributed by atoms with E-state index in [0.29, 0.717) is 11.3 Å². The highest BCUT2D eigenvalue weighted by atomic mass is 16.5. The molecule has 1 N–H and O–H groups in total. The van der Waals surface area contributed by atoms with E-state index >= 15 is 0 Å². The molecule has 1 heterocycles. The van der Waals surface area contributed by atoms with E-state index in [4.69, 9.17) is 10.1 Å². The minimum atomic E-state index is 0.212. The van der Waals surface area contributed by atoms with Crippen LogP contribution in [0.1, 0.15) is 71.1 Å². The summed E-state index contributed by atoms with van der Waals surface area (Å²) >= 11 is 0. The van der Waals surface area contributed by atoms with Gasteiger partial charge >= 0.3 is 0 Å². The van der Waals surface area contributed by atoms with Crippen LogP contribution in [0.5, 0.6) is 0 Å². The predicted molar refractivity (Wildman–Crippen MR) is 102 cm³/mol. The van der Waals surface area contributed by atoms with E-state index in [1.165, 1.54) is 68.9 Å². The Morgan fingerprint density at radius 3 is 2.84 bits per heavy atom. The van der Waals surface area contributed by atoms with Crippen LogP contribution in [0.2, 0.25) is 0 Å². The fourth-order valence-corrected chi connectivity index (χ4v) is 8.11. The van der Waals surface area contributed by atoms with Crippen molar-refractivity contribution in [1.82, 2.24) is 0 Å². The molecule has 2 heteroatoms. The van der Waals surface area contributed by atoms with Crippen molar-refractivity contribution in [3.05, 3.63) is 23.8 Å². The Morgan fingerprint density at radius 1 is 1.20 bits per heavy atom. The summed E-state index contributed by atoms with van der Waals surface area (Å²) in [5.41, 5.74) is 4.28. The molecule has 5 aliphatic rings. The molecule has 0 bridgehead atoms. The highest BCUT2D eigenvalue weighted by molar-refractivity contribution is 5.94. The molecule has 2 nitrogen and oxygen atoms in total. The van der Waals surface area contributed by atoms with Crippen LogP contribution >= 0.6 is 0 Å². The molecule has 0 radical (unpaired) electrons. The second-order valence-corrected chi connectivity index (χ2v) is 9.55. The van der Waals surface area contributed by atoms with Crippen molar-refractivity contribution < 1.29 is 4.74 Å². The predicted octanol–water partition coefficient (Wildman–Crippen LogP) is 5.68. The molecule has 1 saturated heterocycles. The van der Waals surface area contributed by atoms with Gasteiger partial charge < -0.3 is 10.1 Å². The van der Waals surface area contributed by atoms with E-state index in [1.54, 1.807) is 0 Å². The molecule has 136 valence electrons. The van der Waals surface area contributed by atoms with Crippen LogP contribution in [0.15, 0.2) is 23.8 Å². The highest BCUT2D eigenvalue weighted by Crippen LogP contribution is 2.69. The lowest BCUT2D eigenvalue weighted by molar-refractivity contribution is -0.136. The van der Waals surface area contributed by atoms with Gasteiger partial charge in [-0.15, -0.1) is 0 Å². The molecule has 3 unspecified atom stereocenters. The van der Waals surface area contributed by atoms with Crippen LogP contribution in [0.4, 0.5) is 0 Å². The van der Waals surface area contributed by atoms with Crippen LogP contribution in [0.3, 0.4) is 0 Å². The molecule has 1 aliphatic heterocycles. The average Bonchev–Trinajstić information content (AvgIpc) is 3.22. The molecule has 1 spiro atoms. The zero-order chi connectivity index (χ0) is 17.2. The standard InChI is InChI=1S/C23H33NO/c1-3-22-10-7-18-17-6-5-16(24)14-19(17)15(2)13-20(18)21(22)8-11-23(22)9-4-12-25-23/h14,17-18,20-21,24H,2-13H2,1H3/t17-,18?,20?,21?,22+,23+/m1/s1. The van der Waals surface area contributed by atoms with Crippen molar-refractivity contribution in [3.8, 4) is 0 Å². The zero-order valence-electron chi connectivity index (χ0n) is 15.8. The minimum Gasteiger partial charge on any atom is -0.374 e. The van der Waals surface area contributed by atoms with Gasteiger partial charge in [0.1, 0.15) is 0 Å². The SMILES string of the molecule is C=C1CC2C(CC[C@@]3(CC)C2CC[C@@]32CCCO2)[C@H]2CCC(=N)C=C12. The normalized spacial score (nSPS) is 48.9. The molecule has 4 fully saturated rings. The smallest absolute Gasteiger partial charge is 0.0742 e. The Kier molecular flexibility index (Phi) is 3.62. The van der Waals surface area contributed by atoms with Gasteiger partial charge in [0.15, 0.2) is 0 Å². The highest BCUT2D eigenvalue weighted by Gasteiger charge is 2.65. The third kappa shape index (κ3) is 2.04. The van der Waals surface area contributed by atoms with E-state index in [2.05, 4.69) is 19.6 Å². The van der Waals surface area contributed by atoms with Gasteiger partial charge in [-0.05, 0) is 99.5 Å². The molecular weight excluding hydrogens is 306 g/mol. The topological polar surface area (TPSA) is 33.1 Å². The van der Waals surface area contributed by atoms with E-state index < -0.39 is 0 Å². The summed E-state index contributed by atoms with van der Waals surface area (Å²) in [5.74, 6) is 3.19. The summed E-state index contributed by atoms with van der Waals surface area (Å²) in [6, 6.07) is 0. The maximum Gasteiger partial charge on any atom is 0.0742 e. The third-order valence-corrected chi connectivity index (χ3v) is 9.06. The van der Waals surface area contributed by atoms with Gasteiger partial charge in [-0.3, -0.25) is 0 Å². The first-order chi connectivity index (χ1) is 12.1. The maximum atomic E-state index is 8.09. The summed E-state index contributed by atoms with van der Waals surface area (Å²) in [6.07, 6.45) is 14.8. The van der Waals surface area contributed by atoms with Crippen molar-refractivity contribution in [2.75, 3.05) is 6.61 Å². The van der Waals surface area contributed by atoms with E-state index in [1.807, 2.05) is 0 Å². The summed E-state index contributed by atoms with van der Waals surface area (Å²) in [6.45, 7) is 7.91. The van der Waals surface area contributed by atoms with E-state index in [0.717, 1.165) is 36.5 Å². The van der Waals surface area contributed by atoms with Crippen molar-refractivity contribution in [2.24, 2.45) is 29.1 Å².